The average molecular weight is 245 g/mol. The minimum Gasteiger partial charge on any atom is -0.387 e. The van der Waals surface area contributed by atoms with Gasteiger partial charge in [0, 0.05) is 13.1 Å². The van der Waals surface area contributed by atoms with Crippen molar-refractivity contribution in [2.75, 3.05) is 27.2 Å². The van der Waals surface area contributed by atoms with Crippen molar-refractivity contribution in [2.24, 2.45) is 11.7 Å². The molecule has 4 N–H and O–H groups in total. The normalized spacial score (nSPS) is 17.0. The summed E-state index contributed by atoms with van der Waals surface area (Å²) < 4.78 is 0. The van der Waals surface area contributed by atoms with Gasteiger partial charge in [0.15, 0.2) is 0 Å². The molecule has 0 radical (unpaired) electrons. The van der Waals surface area contributed by atoms with E-state index in [1.165, 1.54) is 0 Å². The average Bonchev–Trinajstić information content (AvgIpc) is 2.11. The van der Waals surface area contributed by atoms with E-state index in [0.717, 1.165) is 0 Å². The summed E-state index contributed by atoms with van der Waals surface area (Å²) in [5.41, 5.74) is 4.81. The van der Waals surface area contributed by atoms with Crippen LogP contribution in [-0.2, 0) is 4.79 Å². The summed E-state index contributed by atoms with van der Waals surface area (Å²) in [5.74, 6) is 0.191. The number of carbonyl (C=O) groups is 1. The Hall–Kier alpha value is -0.650. The van der Waals surface area contributed by atoms with Gasteiger partial charge in [-0.2, -0.15) is 0 Å². The molecule has 0 aromatic heterocycles. The SMILES string of the molecule is CC(C)C[C@@H](N)C(=O)NCC(C)(O)CN(C)C. The minimum absolute atomic E-state index is 0.197. The Morgan fingerprint density at radius 2 is 2.00 bits per heavy atom. The summed E-state index contributed by atoms with van der Waals surface area (Å²) in [6.45, 7) is 6.45. The third-order valence-electron chi connectivity index (χ3n) is 2.36. The zero-order valence-corrected chi connectivity index (χ0v) is 11.7. The number of nitrogens with two attached hydrogens (primary N) is 1. The van der Waals surface area contributed by atoms with Crippen molar-refractivity contribution in [1.82, 2.24) is 10.2 Å². The van der Waals surface area contributed by atoms with Gasteiger partial charge >= 0.3 is 0 Å². The lowest BCUT2D eigenvalue weighted by molar-refractivity contribution is -0.124. The number of hydrogen-bond acceptors (Lipinski definition) is 4. The smallest absolute Gasteiger partial charge is 0.237 e. The van der Waals surface area contributed by atoms with Gasteiger partial charge in [0.2, 0.25) is 5.91 Å². The van der Waals surface area contributed by atoms with E-state index in [0.29, 0.717) is 18.9 Å². The van der Waals surface area contributed by atoms with E-state index >= 15 is 0 Å². The molecule has 0 rings (SSSR count). The van der Waals surface area contributed by atoms with Gasteiger partial charge in [-0.1, -0.05) is 13.8 Å². The molecule has 2 atom stereocenters. The van der Waals surface area contributed by atoms with E-state index < -0.39 is 11.6 Å². The standard InChI is InChI=1S/C12H27N3O2/c1-9(2)6-10(13)11(16)14-7-12(3,17)8-15(4)5/h9-10,17H,6-8,13H2,1-5H3,(H,14,16)/t10-,12?/m1/s1. The summed E-state index contributed by atoms with van der Waals surface area (Å²) in [5, 5.41) is 12.7. The molecule has 5 heteroatoms. The maximum Gasteiger partial charge on any atom is 0.237 e. The van der Waals surface area contributed by atoms with Gasteiger partial charge in [0.05, 0.1) is 11.6 Å². The van der Waals surface area contributed by atoms with Crippen LogP contribution in [0.5, 0.6) is 0 Å². The molecular weight excluding hydrogens is 218 g/mol. The molecular formula is C12H27N3O2. The van der Waals surface area contributed by atoms with E-state index in [1.807, 2.05) is 32.8 Å². The Labute approximate surface area is 104 Å². The Morgan fingerprint density at radius 1 is 1.47 bits per heavy atom. The molecule has 102 valence electrons. The fourth-order valence-electron chi connectivity index (χ4n) is 1.76. The van der Waals surface area contributed by atoms with Gasteiger partial charge in [0.1, 0.15) is 0 Å². The van der Waals surface area contributed by atoms with Gasteiger partial charge in [-0.15, -0.1) is 0 Å². The predicted octanol–water partition coefficient (Wildman–Crippen LogP) is -0.211. The van der Waals surface area contributed by atoms with E-state index in [-0.39, 0.29) is 12.5 Å². The minimum atomic E-state index is -0.934. The zero-order valence-electron chi connectivity index (χ0n) is 11.7. The molecule has 0 saturated carbocycles. The van der Waals surface area contributed by atoms with Gasteiger partial charge in [-0.05, 0) is 33.4 Å². The molecule has 5 nitrogen and oxygen atoms in total. The number of rotatable bonds is 7. The molecule has 0 aromatic carbocycles. The number of aliphatic hydroxyl groups is 1. The van der Waals surface area contributed by atoms with Crippen LogP contribution < -0.4 is 11.1 Å². The Bertz CT molecular complexity index is 240. The van der Waals surface area contributed by atoms with Gasteiger partial charge in [-0.25, -0.2) is 0 Å². The molecule has 0 bridgehead atoms. The highest BCUT2D eigenvalue weighted by Crippen LogP contribution is 2.05. The van der Waals surface area contributed by atoms with Crippen molar-refractivity contribution in [2.45, 2.75) is 38.8 Å². The first-order valence-corrected chi connectivity index (χ1v) is 6.04. The number of likely N-dealkylation sites (N-methyl/N-ethyl adjacent to an activating group) is 1. The second-order valence-electron chi connectivity index (χ2n) is 5.69. The lowest BCUT2D eigenvalue weighted by Crippen LogP contribution is -2.50. The van der Waals surface area contributed by atoms with Crippen LogP contribution in [0.15, 0.2) is 0 Å². The van der Waals surface area contributed by atoms with Crippen molar-refractivity contribution >= 4 is 5.91 Å². The zero-order chi connectivity index (χ0) is 13.6. The molecule has 17 heavy (non-hydrogen) atoms. The van der Waals surface area contributed by atoms with Crippen molar-refractivity contribution in [3.63, 3.8) is 0 Å². The van der Waals surface area contributed by atoms with Gasteiger partial charge < -0.3 is 21.1 Å². The second kappa shape index (κ2) is 6.93. The summed E-state index contributed by atoms with van der Waals surface area (Å²) >= 11 is 0. The fourth-order valence-corrected chi connectivity index (χ4v) is 1.76. The van der Waals surface area contributed by atoms with E-state index in [2.05, 4.69) is 5.32 Å². The lowest BCUT2D eigenvalue weighted by Gasteiger charge is -2.27. The number of amides is 1. The van der Waals surface area contributed by atoms with Crippen LogP contribution in [0, 0.1) is 5.92 Å². The van der Waals surface area contributed by atoms with Crippen molar-refractivity contribution in [3.8, 4) is 0 Å². The molecule has 0 aliphatic carbocycles. The highest BCUT2D eigenvalue weighted by Gasteiger charge is 2.23. The largest absolute Gasteiger partial charge is 0.387 e. The summed E-state index contributed by atoms with van der Waals surface area (Å²) in [6, 6.07) is -0.495. The first-order chi connectivity index (χ1) is 7.64. The molecule has 1 amide bonds. The third kappa shape index (κ3) is 8.12. The monoisotopic (exact) mass is 245 g/mol. The molecule has 0 aromatic rings. The number of hydrogen-bond donors (Lipinski definition) is 3. The van der Waals surface area contributed by atoms with Crippen LogP contribution >= 0.6 is 0 Å². The summed E-state index contributed by atoms with van der Waals surface area (Å²) in [7, 11) is 3.75. The molecule has 0 saturated heterocycles. The molecule has 0 aliphatic rings. The first-order valence-electron chi connectivity index (χ1n) is 6.04. The Kier molecular flexibility index (Phi) is 6.67. The molecule has 0 heterocycles. The van der Waals surface area contributed by atoms with Crippen LogP contribution in [0.1, 0.15) is 27.2 Å². The fraction of sp³-hybridized carbons (Fsp3) is 0.917. The van der Waals surface area contributed by atoms with E-state index in [9.17, 15) is 9.90 Å². The summed E-state index contributed by atoms with van der Waals surface area (Å²) in [4.78, 5) is 13.5. The predicted molar refractivity (Wildman–Crippen MR) is 69.6 cm³/mol. The van der Waals surface area contributed by atoms with Gasteiger partial charge in [-0.3, -0.25) is 4.79 Å². The molecule has 0 fully saturated rings. The summed E-state index contributed by atoms with van der Waals surface area (Å²) in [6.07, 6.45) is 0.654. The number of nitrogens with zero attached hydrogens (tertiary/aromatic N) is 1. The topological polar surface area (TPSA) is 78.6 Å². The second-order valence-corrected chi connectivity index (χ2v) is 5.69. The Balaban J connectivity index is 4.06. The highest BCUT2D eigenvalue weighted by molar-refractivity contribution is 5.81. The lowest BCUT2D eigenvalue weighted by atomic mass is 10.0. The van der Waals surface area contributed by atoms with Crippen LogP contribution in [0.3, 0.4) is 0 Å². The quantitative estimate of drug-likeness (QED) is 0.580. The molecule has 0 spiro atoms. The highest BCUT2D eigenvalue weighted by atomic mass is 16.3. The third-order valence-corrected chi connectivity index (χ3v) is 2.36. The van der Waals surface area contributed by atoms with Gasteiger partial charge in [0.25, 0.3) is 0 Å². The van der Waals surface area contributed by atoms with Crippen LogP contribution in [0.25, 0.3) is 0 Å². The number of carbonyl (C=O) groups excluding carboxylic acids is 1. The first kappa shape index (κ1) is 16.4. The maximum absolute atomic E-state index is 11.7. The van der Waals surface area contributed by atoms with Crippen molar-refractivity contribution in [1.29, 1.82) is 0 Å². The van der Waals surface area contributed by atoms with E-state index in [4.69, 9.17) is 5.73 Å². The number of nitrogens with one attached hydrogen (secondary N) is 1. The Morgan fingerprint density at radius 3 is 2.41 bits per heavy atom. The van der Waals surface area contributed by atoms with E-state index in [1.54, 1.807) is 6.92 Å². The van der Waals surface area contributed by atoms with Crippen LogP contribution in [0.4, 0.5) is 0 Å². The molecule has 1 unspecified atom stereocenters. The van der Waals surface area contributed by atoms with Crippen LogP contribution in [0.2, 0.25) is 0 Å². The van der Waals surface area contributed by atoms with Crippen molar-refractivity contribution in [3.05, 3.63) is 0 Å². The molecule has 0 aliphatic heterocycles. The van der Waals surface area contributed by atoms with Crippen LogP contribution in [-0.4, -0.2) is 54.7 Å². The maximum atomic E-state index is 11.7. The van der Waals surface area contributed by atoms with Crippen molar-refractivity contribution < 1.29 is 9.90 Å².